The Morgan fingerprint density at radius 3 is 2.14 bits per heavy atom. The molecule has 0 aromatic heterocycles. The van der Waals surface area contributed by atoms with Gasteiger partial charge in [0.25, 0.3) is 0 Å². The molecule has 2 N–H and O–H groups in total. The van der Waals surface area contributed by atoms with Gasteiger partial charge < -0.3 is 14.9 Å². The first-order valence-electron chi connectivity index (χ1n) is 5.97. The van der Waals surface area contributed by atoms with Crippen LogP contribution in [-0.4, -0.2) is 53.4 Å². The van der Waals surface area contributed by atoms with Gasteiger partial charge in [0.05, 0.1) is 24.3 Å². The van der Waals surface area contributed by atoms with Crippen LogP contribution < -0.4 is 0 Å². The monoisotopic (exact) mass is 443 g/mol. The van der Waals surface area contributed by atoms with Crippen molar-refractivity contribution < 1.29 is 90.0 Å². The number of rotatable bonds is 4. The van der Waals surface area contributed by atoms with Crippen molar-refractivity contribution in [3.05, 3.63) is 34.9 Å². The maximum atomic E-state index is 11.1. The van der Waals surface area contributed by atoms with E-state index in [-0.39, 0.29) is 76.5 Å². The van der Waals surface area contributed by atoms with E-state index in [2.05, 4.69) is 4.90 Å². The van der Waals surface area contributed by atoms with E-state index in [1.807, 2.05) is 0 Å². The van der Waals surface area contributed by atoms with Crippen molar-refractivity contribution in [1.82, 2.24) is 4.90 Å². The van der Waals surface area contributed by atoms with Gasteiger partial charge in [-0.05, 0) is 17.7 Å². The Labute approximate surface area is 173 Å². The van der Waals surface area contributed by atoms with E-state index >= 15 is 0 Å². The fourth-order valence-electron chi connectivity index (χ4n) is 2.07. The number of ether oxygens (including phenoxy) is 1. The Bertz CT molecular complexity index is 503. The van der Waals surface area contributed by atoms with E-state index in [0.717, 1.165) is 18.7 Å². The molecule has 0 amide bonds. The smallest absolute Gasteiger partial charge is 0.336 e. The molecule has 2 rings (SSSR count). The number of morpholine rings is 1. The zero-order valence-corrected chi connectivity index (χ0v) is 17.2. The number of hydrogen-bond donors (Lipinski definition) is 2. The molecule has 0 unspecified atom stereocenters. The molecule has 1 aliphatic heterocycles. The van der Waals surface area contributed by atoms with Crippen molar-refractivity contribution in [2.75, 3.05) is 26.3 Å². The molecule has 1 aromatic rings. The largest absolute Gasteiger partial charge is 0.478 e. The summed E-state index contributed by atoms with van der Waals surface area (Å²) in [6, 6.07) is 4.44. The summed E-state index contributed by atoms with van der Waals surface area (Å²) in [4.78, 5) is 24.2. The summed E-state index contributed by atoms with van der Waals surface area (Å²) in [7, 11) is 0. The van der Waals surface area contributed by atoms with Crippen LogP contribution in [-0.2, 0) is 76.7 Å². The van der Waals surface area contributed by atoms with E-state index in [9.17, 15) is 9.59 Å². The molecule has 2 radical (unpaired) electrons. The van der Waals surface area contributed by atoms with Crippen molar-refractivity contribution in [2.45, 2.75) is 6.54 Å². The van der Waals surface area contributed by atoms with Gasteiger partial charge >= 0.3 is 11.9 Å². The third-order valence-electron chi connectivity index (χ3n) is 3.05. The van der Waals surface area contributed by atoms with Crippen molar-refractivity contribution in [2.24, 2.45) is 0 Å². The minimum atomic E-state index is -1.23. The molecule has 1 heterocycles. The van der Waals surface area contributed by atoms with Gasteiger partial charge in [-0.15, -0.1) is 0 Å². The SMILES string of the molecule is O=C(O)c1ccc(CN2CCOCC2)cc1C(=O)O.[Y].[Y]. The fraction of sp³-hybridized carbons (Fsp3) is 0.385. The minimum Gasteiger partial charge on any atom is -0.478 e. The van der Waals surface area contributed by atoms with E-state index in [0.29, 0.717) is 19.8 Å². The van der Waals surface area contributed by atoms with Crippen LogP contribution in [0.15, 0.2) is 18.2 Å². The van der Waals surface area contributed by atoms with Gasteiger partial charge in [0.15, 0.2) is 0 Å². The Balaban J connectivity index is 0.00000200. The summed E-state index contributed by atoms with van der Waals surface area (Å²) in [5.41, 5.74) is 0.445. The summed E-state index contributed by atoms with van der Waals surface area (Å²) >= 11 is 0. The van der Waals surface area contributed by atoms with Crippen LogP contribution in [0.3, 0.4) is 0 Å². The fourth-order valence-corrected chi connectivity index (χ4v) is 2.07. The van der Waals surface area contributed by atoms with Crippen LogP contribution in [0, 0.1) is 0 Å². The number of carboxylic acid groups (broad SMARTS) is 2. The molecule has 1 aliphatic rings. The zero-order chi connectivity index (χ0) is 13.8. The third-order valence-corrected chi connectivity index (χ3v) is 3.05. The van der Waals surface area contributed by atoms with Crippen LogP contribution in [0.5, 0.6) is 0 Å². The molecule has 1 fully saturated rings. The first kappa shape index (κ1) is 21.3. The summed E-state index contributed by atoms with van der Waals surface area (Å²) < 4.78 is 5.24. The molecule has 6 nitrogen and oxygen atoms in total. The van der Waals surface area contributed by atoms with Crippen LogP contribution in [0.25, 0.3) is 0 Å². The molecular weight excluding hydrogens is 428 g/mol. The molecule has 0 spiro atoms. The van der Waals surface area contributed by atoms with Crippen LogP contribution in [0.2, 0.25) is 0 Å². The average molecular weight is 443 g/mol. The van der Waals surface area contributed by atoms with Crippen LogP contribution in [0.1, 0.15) is 26.3 Å². The molecule has 21 heavy (non-hydrogen) atoms. The predicted molar refractivity (Wildman–Crippen MR) is 66.5 cm³/mol. The van der Waals surface area contributed by atoms with Gasteiger partial charge in [-0.1, -0.05) is 6.07 Å². The topological polar surface area (TPSA) is 87.1 Å². The molecule has 1 aromatic carbocycles. The van der Waals surface area contributed by atoms with Gasteiger partial charge in [0.1, 0.15) is 0 Å². The summed E-state index contributed by atoms with van der Waals surface area (Å²) in [6.45, 7) is 3.52. The van der Waals surface area contributed by atoms with Gasteiger partial charge in [0.2, 0.25) is 0 Å². The average Bonchev–Trinajstić information content (AvgIpc) is 2.39. The zero-order valence-electron chi connectivity index (χ0n) is 11.5. The molecule has 0 bridgehead atoms. The number of carboxylic acids is 2. The Hall–Kier alpha value is 0.288. The molecule has 0 aliphatic carbocycles. The van der Waals surface area contributed by atoms with Gasteiger partial charge in [-0.2, -0.15) is 0 Å². The second-order valence-corrected chi connectivity index (χ2v) is 4.38. The normalized spacial score (nSPS) is 14.7. The number of hydrogen-bond acceptors (Lipinski definition) is 4. The Morgan fingerprint density at radius 1 is 1.05 bits per heavy atom. The Morgan fingerprint density at radius 2 is 1.62 bits per heavy atom. The maximum absolute atomic E-state index is 11.1. The molecule has 1 saturated heterocycles. The third kappa shape index (κ3) is 6.12. The molecule has 0 saturated carbocycles. The second kappa shape index (κ2) is 10.1. The minimum absolute atomic E-state index is 0. The van der Waals surface area contributed by atoms with E-state index < -0.39 is 11.9 Å². The second-order valence-electron chi connectivity index (χ2n) is 4.38. The van der Waals surface area contributed by atoms with Crippen molar-refractivity contribution in [3.8, 4) is 0 Å². The molecular formula is C13H15NO5Y2. The quantitative estimate of drug-likeness (QED) is 0.720. The van der Waals surface area contributed by atoms with E-state index in [1.165, 1.54) is 12.1 Å². The van der Waals surface area contributed by atoms with E-state index in [1.54, 1.807) is 6.07 Å². The first-order chi connectivity index (χ1) is 9.08. The first-order valence-corrected chi connectivity index (χ1v) is 5.97. The number of carbonyl (C=O) groups is 2. The predicted octanol–water partition coefficient (Wildman–Crippen LogP) is 0.910. The summed E-state index contributed by atoms with van der Waals surface area (Å²) in [5.74, 6) is -2.45. The van der Waals surface area contributed by atoms with E-state index in [4.69, 9.17) is 14.9 Å². The molecule has 8 heteroatoms. The number of nitrogens with zero attached hydrogens (tertiary/aromatic N) is 1. The van der Waals surface area contributed by atoms with Crippen molar-refractivity contribution in [1.29, 1.82) is 0 Å². The number of benzene rings is 1. The molecule has 108 valence electrons. The summed E-state index contributed by atoms with van der Waals surface area (Å²) in [5, 5.41) is 18.0. The Kier molecular flexibility index (Phi) is 10.3. The van der Waals surface area contributed by atoms with Crippen LogP contribution in [0.4, 0.5) is 0 Å². The van der Waals surface area contributed by atoms with Gasteiger partial charge in [0, 0.05) is 85.1 Å². The summed E-state index contributed by atoms with van der Waals surface area (Å²) in [6.07, 6.45) is 0. The standard InChI is InChI=1S/C13H15NO5.2Y/c15-12(16)10-2-1-9(7-11(10)13(17)18)8-14-3-5-19-6-4-14;;/h1-2,7H,3-6,8H2,(H,15,16)(H,17,18);;. The van der Waals surface area contributed by atoms with Gasteiger partial charge in [-0.25, -0.2) is 9.59 Å². The van der Waals surface area contributed by atoms with Crippen LogP contribution >= 0.6 is 0 Å². The van der Waals surface area contributed by atoms with Crippen molar-refractivity contribution >= 4 is 11.9 Å². The number of aromatic carboxylic acids is 2. The van der Waals surface area contributed by atoms with Gasteiger partial charge in [-0.3, -0.25) is 4.90 Å². The molecule has 0 atom stereocenters. The maximum Gasteiger partial charge on any atom is 0.336 e. The van der Waals surface area contributed by atoms with Crippen molar-refractivity contribution in [3.63, 3.8) is 0 Å².